The molecule has 94 valence electrons. The second-order valence-corrected chi connectivity index (χ2v) is 7.32. The van der Waals surface area contributed by atoms with Crippen LogP contribution in [0.15, 0.2) is 22.7 Å². The average molecular weight is 408 g/mol. The van der Waals surface area contributed by atoms with Gasteiger partial charge in [-0.3, -0.25) is 0 Å². The van der Waals surface area contributed by atoms with E-state index in [2.05, 4.69) is 63.6 Å². The van der Waals surface area contributed by atoms with Gasteiger partial charge in [0.2, 0.25) is 0 Å². The van der Waals surface area contributed by atoms with E-state index in [1.165, 1.54) is 34.8 Å². The average Bonchev–Trinajstić information content (AvgIpc) is 2.31. The Morgan fingerprint density at radius 2 is 2.18 bits per heavy atom. The summed E-state index contributed by atoms with van der Waals surface area (Å²) in [5.41, 5.74) is 7.74. The van der Waals surface area contributed by atoms with Crippen LogP contribution in [0.2, 0.25) is 0 Å². The number of benzene rings is 1. The smallest absolute Gasteiger partial charge is 0.0335 e. The third-order valence-electron chi connectivity index (χ3n) is 3.80. The van der Waals surface area contributed by atoms with Crippen molar-refractivity contribution in [3.63, 3.8) is 0 Å². The van der Waals surface area contributed by atoms with Gasteiger partial charge in [-0.1, -0.05) is 35.7 Å². The van der Waals surface area contributed by atoms with Gasteiger partial charge in [0.05, 0.1) is 0 Å². The van der Waals surface area contributed by atoms with Crippen molar-refractivity contribution in [2.45, 2.75) is 38.6 Å². The second-order valence-electron chi connectivity index (χ2n) is 5.22. The first-order valence-electron chi connectivity index (χ1n) is 6.28. The van der Waals surface area contributed by atoms with E-state index in [0.29, 0.717) is 5.92 Å². The zero-order valence-corrected chi connectivity index (χ0v) is 13.9. The summed E-state index contributed by atoms with van der Waals surface area (Å²) < 4.78 is 2.42. The Morgan fingerprint density at radius 3 is 2.88 bits per heavy atom. The largest absolute Gasteiger partial charge is 0.324 e. The molecule has 1 aliphatic rings. The Bertz CT molecular complexity index is 394. The highest BCUT2D eigenvalue weighted by molar-refractivity contribution is 14.1. The molecule has 3 heteroatoms. The van der Waals surface area contributed by atoms with Crippen molar-refractivity contribution in [3.05, 3.63) is 31.8 Å². The molecule has 0 aromatic heterocycles. The molecule has 1 saturated carbocycles. The number of nitrogens with two attached hydrogens (primary N) is 1. The Labute approximate surface area is 126 Å². The predicted molar refractivity (Wildman–Crippen MR) is 84.9 cm³/mol. The minimum atomic E-state index is 0.182. The number of halogens is 2. The van der Waals surface area contributed by atoms with Gasteiger partial charge in [0.25, 0.3) is 0 Å². The number of hydrogen-bond donors (Lipinski definition) is 1. The minimum absolute atomic E-state index is 0.182. The highest BCUT2D eigenvalue weighted by Gasteiger charge is 2.26. The van der Waals surface area contributed by atoms with E-state index in [9.17, 15) is 0 Å². The fourth-order valence-electron chi connectivity index (χ4n) is 2.83. The molecule has 1 nitrogen and oxygen atoms in total. The Hall–Kier alpha value is 0.390. The molecule has 3 atom stereocenters. The van der Waals surface area contributed by atoms with Crippen molar-refractivity contribution in [3.8, 4) is 0 Å². The molecule has 17 heavy (non-hydrogen) atoms. The van der Waals surface area contributed by atoms with Gasteiger partial charge in [0.1, 0.15) is 0 Å². The zero-order chi connectivity index (χ0) is 12.4. The third kappa shape index (κ3) is 3.44. The van der Waals surface area contributed by atoms with Gasteiger partial charge in [-0.2, -0.15) is 0 Å². The molecule has 0 amide bonds. The van der Waals surface area contributed by atoms with Crippen molar-refractivity contribution in [1.29, 1.82) is 0 Å². The van der Waals surface area contributed by atoms with Gasteiger partial charge in [0, 0.05) is 14.1 Å². The summed E-state index contributed by atoms with van der Waals surface area (Å²) in [5.74, 6) is 1.48. The minimum Gasteiger partial charge on any atom is -0.324 e. The second kappa shape index (κ2) is 6.02. The van der Waals surface area contributed by atoms with Crippen LogP contribution in [-0.2, 0) is 0 Å². The van der Waals surface area contributed by atoms with Crippen LogP contribution in [0.3, 0.4) is 0 Å². The lowest BCUT2D eigenvalue weighted by Crippen LogP contribution is -2.26. The van der Waals surface area contributed by atoms with Crippen molar-refractivity contribution in [2.24, 2.45) is 17.6 Å². The summed E-state index contributed by atoms with van der Waals surface area (Å²) in [7, 11) is 0. The number of hydrogen-bond acceptors (Lipinski definition) is 1. The molecule has 1 fully saturated rings. The molecule has 2 N–H and O–H groups in total. The molecule has 3 unspecified atom stereocenters. The van der Waals surface area contributed by atoms with Crippen LogP contribution in [0, 0.1) is 15.4 Å². The van der Waals surface area contributed by atoms with Crippen LogP contribution in [0.25, 0.3) is 0 Å². The molecule has 0 aliphatic heterocycles. The molecule has 0 saturated heterocycles. The molecule has 0 spiro atoms. The first kappa shape index (κ1) is 13.8. The van der Waals surface area contributed by atoms with E-state index in [0.717, 1.165) is 10.4 Å². The number of rotatable bonds is 2. The standard InChI is InChI=1S/C14H19BrIN/c1-9-3-2-4-10(7-9)14(17)12-8-11(16)5-6-13(12)15/h5-6,8-10,14H,2-4,7,17H2,1H3. The van der Waals surface area contributed by atoms with Gasteiger partial charge in [0.15, 0.2) is 0 Å². The fourth-order valence-corrected chi connectivity index (χ4v) is 3.86. The Balaban J connectivity index is 2.18. The van der Waals surface area contributed by atoms with E-state index in [-0.39, 0.29) is 6.04 Å². The molecule has 1 aliphatic carbocycles. The molecule has 1 aromatic rings. The lowest BCUT2D eigenvalue weighted by atomic mass is 9.77. The van der Waals surface area contributed by atoms with Crippen LogP contribution in [0.4, 0.5) is 0 Å². The lowest BCUT2D eigenvalue weighted by molar-refractivity contribution is 0.247. The van der Waals surface area contributed by atoms with Gasteiger partial charge >= 0.3 is 0 Å². The van der Waals surface area contributed by atoms with Crippen LogP contribution in [-0.4, -0.2) is 0 Å². The van der Waals surface area contributed by atoms with Gasteiger partial charge < -0.3 is 5.73 Å². The Morgan fingerprint density at radius 1 is 1.41 bits per heavy atom. The lowest BCUT2D eigenvalue weighted by Gasteiger charge is -2.32. The molecule has 2 rings (SSSR count). The summed E-state index contributed by atoms with van der Waals surface area (Å²) in [6.07, 6.45) is 5.26. The molecular formula is C14H19BrIN. The maximum Gasteiger partial charge on any atom is 0.0335 e. The van der Waals surface area contributed by atoms with E-state index < -0.39 is 0 Å². The summed E-state index contributed by atoms with van der Waals surface area (Å²) in [4.78, 5) is 0. The first-order valence-corrected chi connectivity index (χ1v) is 8.15. The van der Waals surface area contributed by atoms with Crippen LogP contribution in [0.5, 0.6) is 0 Å². The van der Waals surface area contributed by atoms with Crippen LogP contribution in [0.1, 0.15) is 44.2 Å². The Kier molecular flexibility index (Phi) is 4.89. The zero-order valence-electron chi connectivity index (χ0n) is 10.1. The third-order valence-corrected chi connectivity index (χ3v) is 5.20. The first-order chi connectivity index (χ1) is 8.08. The van der Waals surface area contributed by atoms with Gasteiger partial charge in [-0.05, 0) is 71.0 Å². The monoisotopic (exact) mass is 407 g/mol. The topological polar surface area (TPSA) is 26.0 Å². The molecule has 0 bridgehead atoms. The molecular weight excluding hydrogens is 389 g/mol. The molecule has 0 heterocycles. The van der Waals surface area contributed by atoms with Gasteiger partial charge in [-0.25, -0.2) is 0 Å². The molecule has 0 radical (unpaired) electrons. The summed E-state index contributed by atoms with van der Waals surface area (Å²) in [5, 5.41) is 0. The maximum atomic E-state index is 6.47. The van der Waals surface area contributed by atoms with Crippen molar-refractivity contribution < 1.29 is 0 Å². The van der Waals surface area contributed by atoms with Gasteiger partial charge in [-0.15, -0.1) is 0 Å². The van der Waals surface area contributed by atoms with Crippen molar-refractivity contribution >= 4 is 38.5 Å². The summed E-state index contributed by atoms with van der Waals surface area (Å²) >= 11 is 5.98. The molecule has 1 aromatic carbocycles. The van der Waals surface area contributed by atoms with Crippen molar-refractivity contribution in [2.75, 3.05) is 0 Å². The predicted octanol–water partition coefficient (Wildman–Crippen LogP) is 4.88. The quantitative estimate of drug-likeness (QED) is 0.694. The van der Waals surface area contributed by atoms with Crippen LogP contribution >= 0.6 is 38.5 Å². The van der Waals surface area contributed by atoms with Crippen molar-refractivity contribution in [1.82, 2.24) is 0 Å². The normalized spacial score (nSPS) is 26.8. The van der Waals surface area contributed by atoms with E-state index in [1.807, 2.05) is 0 Å². The van der Waals surface area contributed by atoms with E-state index in [4.69, 9.17) is 5.73 Å². The summed E-state index contributed by atoms with van der Waals surface area (Å²) in [6, 6.07) is 6.63. The SMILES string of the molecule is CC1CCCC(C(N)c2cc(I)ccc2Br)C1. The fraction of sp³-hybridized carbons (Fsp3) is 0.571. The summed E-state index contributed by atoms with van der Waals surface area (Å²) in [6.45, 7) is 2.35. The van der Waals surface area contributed by atoms with Crippen LogP contribution < -0.4 is 5.73 Å². The highest BCUT2D eigenvalue weighted by Crippen LogP contribution is 2.38. The highest BCUT2D eigenvalue weighted by atomic mass is 127. The van der Waals surface area contributed by atoms with E-state index in [1.54, 1.807) is 0 Å². The van der Waals surface area contributed by atoms with E-state index >= 15 is 0 Å². The maximum absolute atomic E-state index is 6.47.